The monoisotopic (exact) mass is 249 g/mol. The minimum atomic E-state index is 0.962. The molecule has 3 heteroatoms. The quantitative estimate of drug-likeness (QED) is 0.798. The maximum atomic E-state index is 3.37. The van der Waals surface area contributed by atoms with Crippen molar-refractivity contribution in [3.05, 3.63) is 29.3 Å². The molecule has 0 bridgehead atoms. The van der Waals surface area contributed by atoms with Crippen molar-refractivity contribution in [2.24, 2.45) is 0 Å². The van der Waals surface area contributed by atoms with Crippen LogP contribution in [-0.4, -0.2) is 45.7 Å². The van der Waals surface area contributed by atoms with Crippen LogP contribution in [0.5, 0.6) is 0 Å². The summed E-state index contributed by atoms with van der Waals surface area (Å²) < 4.78 is 0. The van der Waals surface area contributed by atoms with E-state index in [1.807, 2.05) is 0 Å². The first-order chi connectivity index (χ1) is 8.54. The summed E-state index contributed by atoms with van der Waals surface area (Å²) >= 11 is 0. The molecule has 0 fully saturated rings. The van der Waals surface area contributed by atoms with Crippen LogP contribution in [0.1, 0.15) is 18.1 Å². The van der Waals surface area contributed by atoms with Gasteiger partial charge in [0.1, 0.15) is 0 Å². The SMILES string of the molecule is CCNCc1ccc(N(C)CCN(C)C)cc1C. The lowest BCUT2D eigenvalue weighted by atomic mass is 10.1. The Bertz CT molecular complexity index is 361. The highest BCUT2D eigenvalue weighted by atomic mass is 15.1. The van der Waals surface area contributed by atoms with Gasteiger partial charge in [0.25, 0.3) is 0 Å². The topological polar surface area (TPSA) is 18.5 Å². The Morgan fingerprint density at radius 1 is 1.11 bits per heavy atom. The normalized spacial score (nSPS) is 11.0. The summed E-state index contributed by atoms with van der Waals surface area (Å²) in [6.45, 7) is 8.44. The third-order valence-corrected chi connectivity index (χ3v) is 3.22. The molecule has 0 aliphatic rings. The van der Waals surface area contributed by atoms with Crippen LogP contribution in [0.2, 0.25) is 0 Å². The van der Waals surface area contributed by atoms with Crippen molar-refractivity contribution >= 4 is 5.69 Å². The van der Waals surface area contributed by atoms with E-state index in [-0.39, 0.29) is 0 Å². The van der Waals surface area contributed by atoms with Gasteiger partial charge in [0, 0.05) is 32.4 Å². The van der Waals surface area contributed by atoms with E-state index >= 15 is 0 Å². The molecule has 3 nitrogen and oxygen atoms in total. The van der Waals surface area contributed by atoms with Gasteiger partial charge in [-0.15, -0.1) is 0 Å². The van der Waals surface area contributed by atoms with E-state index in [1.165, 1.54) is 16.8 Å². The number of hydrogen-bond acceptors (Lipinski definition) is 3. The number of anilines is 1. The van der Waals surface area contributed by atoms with Crippen LogP contribution in [0.3, 0.4) is 0 Å². The first-order valence-electron chi connectivity index (χ1n) is 6.70. The van der Waals surface area contributed by atoms with Crippen molar-refractivity contribution in [3.8, 4) is 0 Å². The summed E-state index contributed by atoms with van der Waals surface area (Å²) in [6.07, 6.45) is 0. The van der Waals surface area contributed by atoms with Crippen molar-refractivity contribution in [2.45, 2.75) is 20.4 Å². The van der Waals surface area contributed by atoms with Crippen LogP contribution in [0, 0.1) is 6.92 Å². The zero-order valence-electron chi connectivity index (χ0n) is 12.5. The Kier molecular flexibility index (Phi) is 6.16. The number of likely N-dealkylation sites (N-methyl/N-ethyl adjacent to an activating group) is 2. The molecule has 0 radical (unpaired) electrons. The average molecular weight is 249 g/mol. The summed E-state index contributed by atoms with van der Waals surface area (Å²) in [5.41, 5.74) is 4.06. The molecule has 0 aliphatic carbocycles. The molecule has 0 spiro atoms. The number of hydrogen-bond donors (Lipinski definition) is 1. The van der Waals surface area contributed by atoms with Gasteiger partial charge >= 0.3 is 0 Å². The van der Waals surface area contributed by atoms with Crippen molar-refractivity contribution in [1.29, 1.82) is 0 Å². The third-order valence-electron chi connectivity index (χ3n) is 3.22. The maximum absolute atomic E-state index is 3.37. The maximum Gasteiger partial charge on any atom is 0.0366 e. The van der Waals surface area contributed by atoms with Crippen LogP contribution in [0.25, 0.3) is 0 Å². The second-order valence-corrected chi connectivity index (χ2v) is 5.12. The lowest BCUT2D eigenvalue weighted by molar-refractivity contribution is 0.416. The first kappa shape index (κ1) is 15.0. The number of nitrogens with zero attached hydrogens (tertiary/aromatic N) is 2. The van der Waals surface area contributed by atoms with Crippen molar-refractivity contribution < 1.29 is 0 Å². The molecule has 0 amide bonds. The third kappa shape index (κ3) is 4.67. The number of benzene rings is 1. The van der Waals surface area contributed by atoms with Crippen molar-refractivity contribution in [3.63, 3.8) is 0 Å². The van der Waals surface area contributed by atoms with Gasteiger partial charge in [-0.25, -0.2) is 0 Å². The average Bonchev–Trinajstić information content (AvgIpc) is 2.34. The minimum absolute atomic E-state index is 0.962. The Hall–Kier alpha value is -1.06. The van der Waals surface area contributed by atoms with Crippen LogP contribution in [0.15, 0.2) is 18.2 Å². The van der Waals surface area contributed by atoms with E-state index < -0.39 is 0 Å². The van der Waals surface area contributed by atoms with Crippen LogP contribution in [0.4, 0.5) is 5.69 Å². The molecule has 0 unspecified atom stereocenters. The van der Waals surface area contributed by atoms with E-state index in [0.29, 0.717) is 0 Å². The lowest BCUT2D eigenvalue weighted by Gasteiger charge is -2.22. The number of nitrogens with one attached hydrogen (secondary N) is 1. The zero-order chi connectivity index (χ0) is 13.5. The second kappa shape index (κ2) is 7.39. The molecule has 0 atom stereocenters. The van der Waals surface area contributed by atoms with Gasteiger partial charge in [-0.05, 0) is 50.8 Å². The summed E-state index contributed by atoms with van der Waals surface area (Å²) in [5, 5.41) is 3.37. The van der Waals surface area contributed by atoms with Gasteiger partial charge in [0.15, 0.2) is 0 Å². The molecule has 102 valence electrons. The first-order valence-corrected chi connectivity index (χ1v) is 6.70. The molecule has 1 aromatic carbocycles. The van der Waals surface area contributed by atoms with Gasteiger partial charge < -0.3 is 15.1 Å². The molecular formula is C15H27N3. The molecule has 0 heterocycles. The zero-order valence-corrected chi connectivity index (χ0v) is 12.5. The van der Waals surface area contributed by atoms with Crippen molar-refractivity contribution in [1.82, 2.24) is 10.2 Å². The summed E-state index contributed by atoms with van der Waals surface area (Å²) in [5.74, 6) is 0. The predicted octanol–water partition coefficient (Wildman–Crippen LogP) is 2.10. The van der Waals surface area contributed by atoms with Crippen molar-refractivity contribution in [2.75, 3.05) is 45.7 Å². The predicted molar refractivity (Wildman–Crippen MR) is 80.4 cm³/mol. The highest BCUT2D eigenvalue weighted by molar-refractivity contribution is 5.50. The second-order valence-electron chi connectivity index (χ2n) is 5.12. The van der Waals surface area contributed by atoms with Gasteiger partial charge in [0.05, 0.1) is 0 Å². The van der Waals surface area contributed by atoms with Gasteiger partial charge in [-0.3, -0.25) is 0 Å². The van der Waals surface area contributed by atoms with E-state index in [0.717, 1.165) is 26.2 Å². The molecule has 0 aliphatic heterocycles. The molecule has 18 heavy (non-hydrogen) atoms. The van der Waals surface area contributed by atoms with Gasteiger partial charge in [0.2, 0.25) is 0 Å². The standard InChI is InChI=1S/C15H27N3/c1-6-16-12-14-7-8-15(11-13(14)2)18(5)10-9-17(3)4/h7-8,11,16H,6,9-10,12H2,1-5H3. The van der Waals surface area contributed by atoms with Crippen LogP contribution < -0.4 is 10.2 Å². The summed E-state index contributed by atoms with van der Waals surface area (Å²) in [7, 11) is 6.37. The molecule has 1 rings (SSSR count). The largest absolute Gasteiger partial charge is 0.373 e. The molecule has 0 aromatic heterocycles. The number of rotatable bonds is 7. The lowest BCUT2D eigenvalue weighted by Crippen LogP contribution is -2.28. The molecule has 1 N–H and O–H groups in total. The molecule has 1 aromatic rings. The Labute approximate surface area is 112 Å². The minimum Gasteiger partial charge on any atom is -0.373 e. The molecule has 0 saturated carbocycles. The Morgan fingerprint density at radius 3 is 2.39 bits per heavy atom. The molecule has 0 saturated heterocycles. The van der Waals surface area contributed by atoms with Gasteiger partial charge in [-0.2, -0.15) is 0 Å². The number of aryl methyl sites for hydroxylation is 1. The Morgan fingerprint density at radius 2 is 1.83 bits per heavy atom. The fraction of sp³-hybridized carbons (Fsp3) is 0.600. The Balaban J connectivity index is 2.65. The fourth-order valence-electron chi connectivity index (χ4n) is 1.85. The van der Waals surface area contributed by atoms with E-state index in [2.05, 4.69) is 68.3 Å². The summed E-state index contributed by atoms with van der Waals surface area (Å²) in [6, 6.07) is 6.73. The van der Waals surface area contributed by atoms with Crippen LogP contribution >= 0.6 is 0 Å². The van der Waals surface area contributed by atoms with E-state index in [4.69, 9.17) is 0 Å². The van der Waals surface area contributed by atoms with Gasteiger partial charge in [-0.1, -0.05) is 13.0 Å². The molecular weight excluding hydrogens is 222 g/mol. The smallest absolute Gasteiger partial charge is 0.0366 e. The highest BCUT2D eigenvalue weighted by Crippen LogP contribution is 2.18. The fourth-order valence-corrected chi connectivity index (χ4v) is 1.85. The van der Waals surface area contributed by atoms with Crippen LogP contribution in [-0.2, 0) is 6.54 Å². The summed E-state index contributed by atoms with van der Waals surface area (Å²) in [4.78, 5) is 4.52. The van der Waals surface area contributed by atoms with E-state index in [9.17, 15) is 0 Å². The highest BCUT2D eigenvalue weighted by Gasteiger charge is 2.04. The van der Waals surface area contributed by atoms with E-state index in [1.54, 1.807) is 0 Å².